The number of carbonyl (C=O) groups is 5. The van der Waals surface area contributed by atoms with Crippen LogP contribution < -0.4 is 5.32 Å². The monoisotopic (exact) mass is 972 g/mol. The minimum atomic E-state index is -4.77. The average Bonchev–Trinajstić information content (AvgIpc) is 3.86. The molecule has 4 amide bonds. The minimum absolute atomic E-state index is 0.0316. The van der Waals surface area contributed by atoms with E-state index in [9.17, 15) is 60.5 Å². The summed E-state index contributed by atoms with van der Waals surface area (Å²) in [5.41, 5.74) is -3.72. The summed E-state index contributed by atoms with van der Waals surface area (Å²) in [6, 6.07) is 7.61. The molecular weight excluding hydrogens is 919 g/mol. The van der Waals surface area contributed by atoms with Crippen LogP contribution in [-0.2, 0) is 36.6 Å². The van der Waals surface area contributed by atoms with E-state index in [-0.39, 0.29) is 99.6 Å². The summed E-state index contributed by atoms with van der Waals surface area (Å²) < 4.78 is 95.7. The Morgan fingerprint density at radius 3 is 2.14 bits per heavy atom. The van der Waals surface area contributed by atoms with Crippen molar-refractivity contribution in [3.05, 3.63) is 82.7 Å². The molecule has 3 atom stereocenters. The van der Waals surface area contributed by atoms with Gasteiger partial charge in [-0.15, -0.1) is 0 Å². The normalized spacial score (nSPS) is 25.0. The number of aromatic nitrogens is 2. The van der Waals surface area contributed by atoms with Crippen LogP contribution >= 0.6 is 0 Å². The van der Waals surface area contributed by atoms with Crippen LogP contribution in [0.4, 0.5) is 26.3 Å². The number of nitrogens with zero attached hydrogens (tertiary/aromatic N) is 5. The number of carbonyl (C=O) groups excluding carboxylic acids is 4. The number of piperidine rings is 1. The maximum atomic E-state index is 14.8. The number of aromatic hydroxyl groups is 1. The summed E-state index contributed by atoms with van der Waals surface area (Å²) in [6.07, 6.45) is -3.55. The predicted octanol–water partition coefficient (Wildman–Crippen LogP) is 5.85. The Labute approximate surface area is 393 Å². The molecule has 1 aromatic heterocycles. The number of carboxylic acids is 1. The zero-order valence-corrected chi connectivity index (χ0v) is 37.9. The van der Waals surface area contributed by atoms with Crippen LogP contribution in [-0.4, -0.2) is 141 Å². The lowest BCUT2D eigenvalue weighted by atomic mass is 9.70. The first-order valence-corrected chi connectivity index (χ1v) is 23.3. The molecule has 2 bridgehead atoms. The highest BCUT2D eigenvalue weighted by Crippen LogP contribution is 2.60. The van der Waals surface area contributed by atoms with Gasteiger partial charge < -0.3 is 39.7 Å². The van der Waals surface area contributed by atoms with E-state index in [1.54, 1.807) is 17.9 Å². The predicted molar refractivity (Wildman–Crippen MR) is 231 cm³/mol. The van der Waals surface area contributed by atoms with Gasteiger partial charge in [-0.3, -0.25) is 23.9 Å². The zero-order valence-electron chi connectivity index (χ0n) is 37.9. The Hall–Kier alpha value is -5.70. The van der Waals surface area contributed by atoms with E-state index >= 15 is 0 Å². The van der Waals surface area contributed by atoms with Gasteiger partial charge in [0.2, 0.25) is 17.7 Å². The second-order valence-electron chi connectivity index (χ2n) is 20.2. The van der Waals surface area contributed by atoms with Gasteiger partial charge >= 0.3 is 18.3 Å². The third kappa shape index (κ3) is 9.39. The van der Waals surface area contributed by atoms with Gasteiger partial charge in [0.15, 0.2) is 0 Å². The molecule has 7 aliphatic rings. The van der Waals surface area contributed by atoms with E-state index in [0.717, 1.165) is 42.7 Å². The van der Waals surface area contributed by atoms with Crippen LogP contribution in [0.1, 0.15) is 102 Å². The third-order valence-electron chi connectivity index (χ3n) is 15.6. The number of ether oxygens (including phenoxy) is 2. The van der Waals surface area contributed by atoms with Crippen molar-refractivity contribution < 1.29 is 70.0 Å². The molecule has 5 aliphatic heterocycles. The number of likely N-dealkylation sites (tertiary alicyclic amines) is 3. The second-order valence-corrected chi connectivity index (χ2v) is 20.2. The van der Waals surface area contributed by atoms with Crippen molar-refractivity contribution in [2.75, 3.05) is 52.5 Å². The molecule has 69 heavy (non-hydrogen) atoms. The maximum absolute atomic E-state index is 14.8. The first-order valence-electron chi connectivity index (χ1n) is 23.3. The van der Waals surface area contributed by atoms with Gasteiger partial charge in [0, 0.05) is 56.3 Å². The Morgan fingerprint density at radius 1 is 0.899 bits per heavy atom. The van der Waals surface area contributed by atoms with E-state index in [0.29, 0.717) is 30.6 Å². The number of phenols is 1. The van der Waals surface area contributed by atoms with E-state index < -0.39 is 76.4 Å². The van der Waals surface area contributed by atoms with Gasteiger partial charge in [0.1, 0.15) is 22.8 Å². The van der Waals surface area contributed by atoms with Crippen LogP contribution in [0.15, 0.2) is 54.9 Å². The van der Waals surface area contributed by atoms with E-state index in [2.05, 4.69) is 10.4 Å². The fraction of sp³-hybridized carbons (Fsp3) is 0.583. The number of hydrogen-bond donors (Lipinski definition) is 3. The molecule has 1 spiro atoms. The molecule has 0 radical (unpaired) electrons. The standard InChI is InChI=1S/C48H54F6N6O9/c1-28(68-26-44-12-8-34(9-13-44)69-27-44)38(41(64)57-16-10-30(11-17-57)31-4-7-35(42(65)66)37(61)18-31)56-39(62)36-22-58(23-45(36)24-59(25-45)43(67)46(14-15-46)48(52,53)54)40(63)32-19-55-60(21-32)20-29-2-5-33(6-3-29)47(49,50)51/h2-7,18-19,21,28,30,34,36,38,61H,8-17,20,22-27H2,1H3,(H,56,62)(H,65,66)/t28-,34?,36+,38?,44?/m1/s1. The number of rotatable bonds is 13. The highest BCUT2D eigenvalue weighted by atomic mass is 19.4. The summed E-state index contributed by atoms with van der Waals surface area (Å²) >= 11 is 0. The van der Waals surface area contributed by atoms with Crippen molar-refractivity contribution in [3.8, 4) is 5.75 Å². The van der Waals surface area contributed by atoms with Crippen molar-refractivity contribution in [1.29, 1.82) is 0 Å². The Bertz CT molecular complexity index is 2460. The van der Waals surface area contributed by atoms with Crippen LogP contribution in [0.3, 0.4) is 0 Å². The number of halogens is 6. The SMILES string of the molecule is C[C@@H](OCC12CCC(CC1)OC2)C(NC(=O)[C@@H]1CN(C(=O)c2cnn(Cc3ccc(C(F)(F)F)cc3)c2)CC12CN(C(=O)C1(C(F)(F)F)CC1)C2)C(=O)N1CCC(c2ccc(C(=O)O)c(O)c2)CC1. The number of carboxylic acid groups (broad SMARTS) is 1. The van der Waals surface area contributed by atoms with E-state index in [1.807, 2.05) is 0 Å². The minimum Gasteiger partial charge on any atom is -0.507 e. The van der Waals surface area contributed by atoms with Gasteiger partial charge in [-0.05, 0) is 99.6 Å². The van der Waals surface area contributed by atoms with Gasteiger partial charge in [-0.2, -0.15) is 31.4 Å². The molecule has 6 heterocycles. The molecule has 21 heteroatoms. The first kappa shape index (κ1) is 48.3. The smallest absolute Gasteiger partial charge is 0.416 e. The van der Waals surface area contributed by atoms with Crippen LogP contribution in [0, 0.1) is 22.2 Å². The van der Waals surface area contributed by atoms with E-state index in [1.165, 1.54) is 46.2 Å². The second kappa shape index (κ2) is 17.9. The molecule has 372 valence electrons. The van der Waals surface area contributed by atoms with Crippen molar-refractivity contribution in [3.63, 3.8) is 0 Å². The number of amides is 4. The largest absolute Gasteiger partial charge is 0.507 e. The Morgan fingerprint density at radius 2 is 1.57 bits per heavy atom. The lowest BCUT2D eigenvalue weighted by Crippen LogP contribution is -2.67. The average molecular weight is 973 g/mol. The molecular formula is C48H54F6N6O9. The number of benzene rings is 2. The quantitative estimate of drug-likeness (QED) is 0.176. The van der Waals surface area contributed by atoms with Crippen LogP contribution in [0.25, 0.3) is 0 Å². The topological polar surface area (TPSA) is 184 Å². The molecule has 5 saturated heterocycles. The number of aromatic carboxylic acids is 1. The summed E-state index contributed by atoms with van der Waals surface area (Å²) in [5.74, 6) is -5.56. The molecule has 2 aromatic carbocycles. The van der Waals surface area contributed by atoms with Gasteiger partial charge in [-0.25, -0.2) is 4.79 Å². The van der Waals surface area contributed by atoms with Gasteiger partial charge in [0.25, 0.3) is 5.91 Å². The Kier molecular flexibility index (Phi) is 12.6. The lowest BCUT2D eigenvalue weighted by molar-refractivity contribution is -0.205. The summed E-state index contributed by atoms with van der Waals surface area (Å²) in [6.45, 7) is 2.17. The van der Waals surface area contributed by atoms with Crippen molar-refractivity contribution in [2.24, 2.45) is 22.2 Å². The molecule has 2 saturated carbocycles. The van der Waals surface area contributed by atoms with Crippen LogP contribution in [0.2, 0.25) is 0 Å². The number of alkyl halides is 6. The summed E-state index contributed by atoms with van der Waals surface area (Å²) in [4.78, 5) is 72.7. The van der Waals surface area contributed by atoms with Crippen LogP contribution in [0.5, 0.6) is 5.75 Å². The fourth-order valence-electron chi connectivity index (χ4n) is 11.1. The number of hydrogen-bond acceptors (Lipinski definition) is 9. The van der Waals surface area contributed by atoms with Crippen molar-refractivity contribution >= 4 is 29.6 Å². The fourth-order valence-corrected chi connectivity index (χ4v) is 11.1. The molecule has 10 rings (SSSR count). The first-order chi connectivity index (χ1) is 32.6. The molecule has 3 N–H and O–H groups in total. The van der Waals surface area contributed by atoms with Gasteiger partial charge in [0.05, 0.1) is 55.2 Å². The highest BCUT2D eigenvalue weighted by molar-refractivity contribution is 5.96. The maximum Gasteiger partial charge on any atom is 0.416 e. The molecule has 1 unspecified atom stereocenters. The van der Waals surface area contributed by atoms with Gasteiger partial charge in [-0.1, -0.05) is 18.2 Å². The number of fused-ring (bicyclic) bond motifs is 3. The number of nitrogens with one attached hydrogen (secondary N) is 1. The molecule has 2 aliphatic carbocycles. The molecule has 15 nitrogen and oxygen atoms in total. The zero-order chi connectivity index (χ0) is 49.3. The molecule has 3 aromatic rings. The third-order valence-corrected chi connectivity index (χ3v) is 15.6. The summed E-state index contributed by atoms with van der Waals surface area (Å²) in [7, 11) is 0. The molecule has 7 fully saturated rings. The van der Waals surface area contributed by atoms with Crippen molar-refractivity contribution in [1.82, 2.24) is 29.8 Å². The highest BCUT2D eigenvalue weighted by Gasteiger charge is 2.72. The summed E-state index contributed by atoms with van der Waals surface area (Å²) in [5, 5.41) is 26.9. The lowest BCUT2D eigenvalue weighted by Gasteiger charge is -2.51. The Balaban J connectivity index is 0.938. The van der Waals surface area contributed by atoms with E-state index in [4.69, 9.17) is 9.47 Å². The van der Waals surface area contributed by atoms with Crippen molar-refractivity contribution in [2.45, 2.75) is 101 Å².